The van der Waals surface area contributed by atoms with Gasteiger partial charge in [0.05, 0.1) is 24.4 Å². The number of hydrogen-bond acceptors (Lipinski definition) is 5. The molecule has 4 aromatic rings. The van der Waals surface area contributed by atoms with E-state index < -0.39 is 0 Å². The molecule has 1 aliphatic heterocycles. The summed E-state index contributed by atoms with van der Waals surface area (Å²) in [4.78, 5) is 6.91. The monoisotopic (exact) mass is 414 g/mol. The minimum atomic E-state index is -0.0260. The van der Waals surface area contributed by atoms with Crippen molar-refractivity contribution in [1.82, 2.24) is 20.1 Å². The Kier molecular flexibility index (Phi) is 5.91. The van der Waals surface area contributed by atoms with Crippen LogP contribution in [0.4, 0.5) is 0 Å². The van der Waals surface area contributed by atoms with E-state index >= 15 is 0 Å². The Labute approximate surface area is 181 Å². The van der Waals surface area contributed by atoms with Gasteiger partial charge in [0, 0.05) is 43.3 Å². The van der Waals surface area contributed by atoms with Crippen molar-refractivity contribution in [3.8, 4) is 5.75 Å². The van der Waals surface area contributed by atoms with Crippen LogP contribution < -0.4 is 4.74 Å². The maximum Gasteiger partial charge on any atom is 0.119 e. The van der Waals surface area contributed by atoms with E-state index in [-0.39, 0.29) is 6.10 Å². The number of aromatic amines is 1. The fraction of sp³-hybridized carbons (Fsp3) is 0.280. The van der Waals surface area contributed by atoms with E-state index in [1.165, 1.54) is 10.9 Å². The molecule has 3 heterocycles. The highest BCUT2D eigenvalue weighted by atomic mass is 16.5. The van der Waals surface area contributed by atoms with Crippen LogP contribution in [0.2, 0.25) is 0 Å². The lowest BCUT2D eigenvalue weighted by Gasteiger charge is -2.32. The topological polar surface area (TPSA) is 63.3 Å². The van der Waals surface area contributed by atoms with E-state index in [4.69, 9.17) is 9.47 Å². The Hall–Kier alpha value is -3.22. The number of hydrogen-bond donors (Lipinski definition) is 1. The van der Waals surface area contributed by atoms with Crippen molar-refractivity contribution in [2.24, 2.45) is 0 Å². The average molecular weight is 415 g/mol. The molecule has 1 saturated heterocycles. The van der Waals surface area contributed by atoms with Crippen LogP contribution in [0.15, 0.2) is 72.9 Å². The van der Waals surface area contributed by atoms with Gasteiger partial charge in [-0.2, -0.15) is 5.10 Å². The molecule has 0 saturated carbocycles. The molecule has 2 aromatic heterocycles. The second kappa shape index (κ2) is 9.29. The predicted octanol–water partition coefficient (Wildman–Crippen LogP) is 4.15. The fourth-order valence-corrected chi connectivity index (χ4v) is 4.03. The molecular formula is C25H26N4O2. The number of morpholine rings is 1. The SMILES string of the molecule is c1ccc(OCCc2cc([C@H]3CN(Cc4ccnc5ccccc45)CCO3)n[nH]2)cc1. The normalized spacial score (nSPS) is 17.1. The van der Waals surface area contributed by atoms with Crippen LogP contribution in [0.5, 0.6) is 5.75 Å². The summed E-state index contributed by atoms with van der Waals surface area (Å²) in [6.45, 7) is 3.92. The molecule has 1 atom stereocenters. The van der Waals surface area contributed by atoms with Gasteiger partial charge < -0.3 is 9.47 Å². The van der Waals surface area contributed by atoms with Gasteiger partial charge in [0.2, 0.25) is 0 Å². The summed E-state index contributed by atoms with van der Waals surface area (Å²) in [6.07, 6.45) is 2.65. The molecule has 1 aliphatic rings. The molecule has 0 aliphatic carbocycles. The fourth-order valence-electron chi connectivity index (χ4n) is 4.03. The van der Waals surface area contributed by atoms with E-state index in [2.05, 4.69) is 50.4 Å². The first-order valence-electron chi connectivity index (χ1n) is 10.7. The van der Waals surface area contributed by atoms with Crippen LogP contribution in [0.1, 0.15) is 23.1 Å². The maximum atomic E-state index is 6.04. The van der Waals surface area contributed by atoms with Crippen LogP contribution in [0.25, 0.3) is 10.9 Å². The number of pyridine rings is 1. The number of benzene rings is 2. The smallest absolute Gasteiger partial charge is 0.119 e. The molecule has 1 N–H and O–H groups in total. The van der Waals surface area contributed by atoms with Gasteiger partial charge in [-0.25, -0.2) is 0 Å². The average Bonchev–Trinajstić information content (AvgIpc) is 3.29. The molecular weight excluding hydrogens is 388 g/mol. The molecule has 31 heavy (non-hydrogen) atoms. The first-order valence-corrected chi connectivity index (χ1v) is 10.7. The summed E-state index contributed by atoms with van der Waals surface area (Å²) >= 11 is 0. The summed E-state index contributed by atoms with van der Waals surface area (Å²) < 4.78 is 11.8. The number of ether oxygens (including phenoxy) is 2. The number of nitrogens with zero attached hydrogens (tertiary/aromatic N) is 3. The lowest BCUT2D eigenvalue weighted by Crippen LogP contribution is -2.38. The number of H-pyrrole nitrogens is 1. The Morgan fingerprint density at radius 2 is 1.94 bits per heavy atom. The van der Waals surface area contributed by atoms with E-state index in [1.54, 1.807) is 0 Å². The molecule has 0 unspecified atom stereocenters. The third-order valence-electron chi connectivity index (χ3n) is 5.65. The van der Waals surface area contributed by atoms with E-state index in [0.29, 0.717) is 13.2 Å². The number of aromatic nitrogens is 3. The van der Waals surface area contributed by atoms with Gasteiger partial charge in [-0.15, -0.1) is 0 Å². The van der Waals surface area contributed by atoms with Crippen molar-refractivity contribution in [1.29, 1.82) is 0 Å². The van der Waals surface area contributed by atoms with Gasteiger partial charge in [-0.05, 0) is 35.9 Å². The second-order valence-corrected chi connectivity index (χ2v) is 7.81. The van der Waals surface area contributed by atoms with Crippen molar-refractivity contribution < 1.29 is 9.47 Å². The summed E-state index contributed by atoms with van der Waals surface area (Å²) in [5, 5.41) is 8.87. The highest BCUT2D eigenvalue weighted by Gasteiger charge is 2.24. The Morgan fingerprint density at radius 1 is 1.06 bits per heavy atom. The zero-order chi connectivity index (χ0) is 20.9. The highest BCUT2D eigenvalue weighted by Crippen LogP contribution is 2.24. The van der Waals surface area contributed by atoms with E-state index in [0.717, 1.165) is 48.7 Å². The number of para-hydroxylation sites is 2. The lowest BCUT2D eigenvalue weighted by atomic mass is 10.1. The third kappa shape index (κ3) is 4.76. The van der Waals surface area contributed by atoms with Crippen molar-refractivity contribution in [3.05, 3.63) is 89.9 Å². The molecule has 0 amide bonds. The number of rotatable bonds is 7. The van der Waals surface area contributed by atoms with Gasteiger partial charge in [0.1, 0.15) is 11.9 Å². The molecule has 6 nitrogen and oxygen atoms in total. The van der Waals surface area contributed by atoms with Gasteiger partial charge in [-0.1, -0.05) is 36.4 Å². The molecule has 0 spiro atoms. The van der Waals surface area contributed by atoms with Crippen molar-refractivity contribution in [2.75, 3.05) is 26.3 Å². The molecule has 0 radical (unpaired) electrons. The van der Waals surface area contributed by atoms with Crippen LogP contribution in [0, 0.1) is 0 Å². The van der Waals surface area contributed by atoms with Crippen molar-refractivity contribution >= 4 is 10.9 Å². The molecule has 1 fully saturated rings. The first-order chi connectivity index (χ1) is 15.3. The van der Waals surface area contributed by atoms with Crippen LogP contribution >= 0.6 is 0 Å². The summed E-state index contributed by atoms with van der Waals surface area (Å²) in [7, 11) is 0. The second-order valence-electron chi connectivity index (χ2n) is 7.81. The Bertz CT molecular complexity index is 1120. The standard InChI is InChI=1S/C25H26N4O2/c1-2-6-21(7-3-1)30-14-11-20-16-24(28-27-20)25-18-29(13-15-31-25)17-19-10-12-26-23-9-5-4-8-22(19)23/h1-10,12,16,25H,11,13-15,17-18H2,(H,27,28)/t25-/m1/s1. The van der Waals surface area contributed by atoms with Gasteiger partial charge in [0.15, 0.2) is 0 Å². The molecule has 6 heteroatoms. The van der Waals surface area contributed by atoms with E-state index in [9.17, 15) is 0 Å². The largest absolute Gasteiger partial charge is 0.493 e. The molecule has 0 bridgehead atoms. The minimum absolute atomic E-state index is 0.0260. The zero-order valence-electron chi connectivity index (χ0n) is 17.4. The highest BCUT2D eigenvalue weighted by molar-refractivity contribution is 5.81. The minimum Gasteiger partial charge on any atom is -0.493 e. The first kappa shape index (κ1) is 19.7. The molecule has 2 aromatic carbocycles. The summed E-state index contributed by atoms with van der Waals surface area (Å²) in [6, 6.07) is 22.4. The van der Waals surface area contributed by atoms with Crippen molar-refractivity contribution in [2.45, 2.75) is 19.1 Å². The summed E-state index contributed by atoms with van der Waals surface area (Å²) in [5.74, 6) is 0.886. The van der Waals surface area contributed by atoms with Gasteiger partial charge in [-0.3, -0.25) is 15.0 Å². The van der Waals surface area contributed by atoms with Gasteiger partial charge in [0.25, 0.3) is 0 Å². The zero-order valence-corrected chi connectivity index (χ0v) is 17.4. The molecule has 5 rings (SSSR count). The third-order valence-corrected chi connectivity index (χ3v) is 5.65. The van der Waals surface area contributed by atoms with Crippen molar-refractivity contribution in [3.63, 3.8) is 0 Å². The maximum absolute atomic E-state index is 6.04. The van der Waals surface area contributed by atoms with Crippen LogP contribution in [-0.2, 0) is 17.7 Å². The quantitative estimate of drug-likeness (QED) is 0.492. The lowest BCUT2D eigenvalue weighted by molar-refractivity contribution is -0.0348. The van der Waals surface area contributed by atoms with E-state index in [1.807, 2.05) is 42.6 Å². The number of fused-ring (bicyclic) bond motifs is 1. The van der Waals surface area contributed by atoms with Crippen LogP contribution in [0.3, 0.4) is 0 Å². The molecule has 158 valence electrons. The Balaban J connectivity index is 1.20. The van der Waals surface area contributed by atoms with Crippen LogP contribution in [-0.4, -0.2) is 46.4 Å². The Morgan fingerprint density at radius 3 is 2.87 bits per heavy atom. The summed E-state index contributed by atoms with van der Waals surface area (Å²) in [5.41, 5.74) is 4.36. The number of nitrogens with one attached hydrogen (secondary N) is 1. The predicted molar refractivity (Wildman–Crippen MR) is 120 cm³/mol. The van der Waals surface area contributed by atoms with Gasteiger partial charge >= 0.3 is 0 Å².